The molecule has 22 heavy (non-hydrogen) atoms. The average molecular weight is 290 g/mol. The van der Waals surface area contributed by atoms with Crippen molar-refractivity contribution < 1.29 is 0 Å². The maximum atomic E-state index is 4.65. The summed E-state index contributed by atoms with van der Waals surface area (Å²) in [5.74, 6) is 0.838. The van der Waals surface area contributed by atoms with E-state index in [4.69, 9.17) is 0 Å². The molecule has 0 fully saturated rings. The Labute approximate surface area is 127 Å². The third-order valence-electron chi connectivity index (χ3n) is 3.64. The van der Waals surface area contributed by atoms with E-state index >= 15 is 0 Å². The normalized spacial score (nSPS) is 11.1. The summed E-state index contributed by atoms with van der Waals surface area (Å²) in [6.45, 7) is 2.67. The van der Waals surface area contributed by atoms with Gasteiger partial charge in [-0.2, -0.15) is 5.10 Å². The monoisotopic (exact) mass is 290 g/mol. The Bertz CT molecular complexity index is 922. The van der Waals surface area contributed by atoms with Crippen LogP contribution >= 0.6 is 0 Å². The zero-order chi connectivity index (χ0) is 14.9. The molecule has 0 aliphatic heterocycles. The molecule has 4 rings (SSSR count). The fraction of sp³-hybridized carbons (Fsp3) is 0.125. The van der Waals surface area contributed by atoms with Crippen molar-refractivity contribution in [3.8, 4) is 11.5 Å². The maximum Gasteiger partial charge on any atom is 0.158 e. The standard InChI is InChI=1S/C16H14N6/c1-12-14(20-15-6-4-8-19-22(12)15)11-21-10-9-18-16(21)13-5-2-3-7-17-13/h2-10H,11H2,1H3. The van der Waals surface area contributed by atoms with Crippen LogP contribution in [0.15, 0.2) is 55.1 Å². The summed E-state index contributed by atoms with van der Waals surface area (Å²) in [6.07, 6.45) is 7.27. The third-order valence-corrected chi connectivity index (χ3v) is 3.64. The van der Waals surface area contributed by atoms with Gasteiger partial charge in [0, 0.05) is 24.8 Å². The van der Waals surface area contributed by atoms with E-state index in [9.17, 15) is 0 Å². The Morgan fingerprint density at radius 1 is 1.00 bits per heavy atom. The van der Waals surface area contributed by atoms with Gasteiger partial charge in [-0.25, -0.2) is 14.5 Å². The first-order valence-electron chi connectivity index (χ1n) is 7.05. The highest BCUT2D eigenvalue weighted by molar-refractivity contribution is 5.49. The van der Waals surface area contributed by atoms with E-state index in [2.05, 4.69) is 24.6 Å². The number of aryl methyl sites for hydroxylation is 1. The first-order chi connectivity index (χ1) is 10.8. The van der Waals surface area contributed by atoms with Crippen molar-refractivity contribution in [2.24, 2.45) is 0 Å². The van der Waals surface area contributed by atoms with Gasteiger partial charge < -0.3 is 4.57 Å². The lowest BCUT2D eigenvalue weighted by Gasteiger charge is -2.06. The van der Waals surface area contributed by atoms with Crippen molar-refractivity contribution in [1.29, 1.82) is 0 Å². The van der Waals surface area contributed by atoms with Crippen LogP contribution in [0.25, 0.3) is 17.2 Å². The molecular weight excluding hydrogens is 276 g/mol. The molecule has 0 aromatic carbocycles. The Hall–Kier alpha value is -3.02. The van der Waals surface area contributed by atoms with E-state index in [1.807, 2.05) is 48.0 Å². The topological polar surface area (TPSA) is 60.9 Å². The minimum atomic E-state index is 0.640. The molecule has 0 amide bonds. The molecular formula is C16H14N6. The van der Waals surface area contributed by atoms with Crippen LogP contribution in [0, 0.1) is 6.92 Å². The molecule has 108 valence electrons. The highest BCUT2D eigenvalue weighted by atomic mass is 15.3. The van der Waals surface area contributed by atoms with E-state index in [-0.39, 0.29) is 0 Å². The van der Waals surface area contributed by atoms with Crippen molar-refractivity contribution in [3.63, 3.8) is 0 Å². The Kier molecular flexibility index (Phi) is 2.93. The predicted molar refractivity (Wildman–Crippen MR) is 82.3 cm³/mol. The smallest absolute Gasteiger partial charge is 0.158 e. The number of fused-ring (bicyclic) bond motifs is 1. The van der Waals surface area contributed by atoms with Gasteiger partial charge in [0.2, 0.25) is 0 Å². The summed E-state index contributed by atoms with van der Waals surface area (Å²) >= 11 is 0. The molecule has 0 saturated heterocycles. The quantitative estimate of drug-likeness (QED) is 0.581. The van der Waals surface area contributed by atoms with Crippen LogP contribution in [0.3, 0.4) is 0 Å². The minimum Gasteiger partial charge on any atom is -0.324 e. The summed E-state index contributed by atoms with van der Waals surface area (Å²) in [6, 6.07) is 9.66. The zero-order valence-electron chi connectivity index (χ0n) is 12.1. The van der Waals surface area contributed by atoms with Crippen molar-refractivity contribution in [2.45, 2.75) is 13.5 Å². The highest BCUT2D eigenvalue weighted by Crippen LogP contribution is 2.17. The van der Waals surface area contributed by atoms with Gasteiger partial charge in [-0.1, -0.05) is 6.07 Å². The molecule has 6 nitrogen and oxygen atoms in total. The van der Waals surface area contributed by atoms with Crippen LogP contribution in [0.4, 0.5) is 0 Å². The van der Waals surface area contributed by atoms with Gasteiger partial charge in [0.1, 0.15) is 5.69 Å². The van der Waals surface area contributed by atoms with Gasteiger partial charge in [-0.05, 0) is 31.2 Å². The number of nitrogens with zero attached hydrogens (tertiary/aromatic N) is 6. The van der Waals surface area contributed by atoms with Gasteiger partial charge in [0.25, 0.3) is 0 Å². The molecule has 0 aliphatic rings. The number of aromatic nitrogens is 6. The van der Waals surface area contributed by atoms with Crippen molar-refractivity contribution in [2.75, 3.05) is 0 Å². The fourth-order valence-electron chi connectivity index (χ4n) is 2.52. The van der Waals surface area contributed by atoms with E-state index in [0.717, 1.165) is 28.6 Å². The Morgan fingerprint density at radius 3 is 2.77 bits per heavy atom. The van der Waals surface area contributed by atoms with Gasteiger partial charge in [-0.3, -0.25) is 4.98 Å². The van der Waals surface area contributed by atoms with E-state index in [1.54, 1.807) is 18.6 Å². The van der Waals surface area contributed by atoms with E-state index < -0.39 is 0 Å². The summed E-state index contributed by atoms with van der Waals surface area (Å²) in [5, 5.41) is 4.33. The Morgan fingerprint density at radius 2 is 1.95 bits per heavy atom. The van der Waals surface area contributed by atoms with Crippen LogP contribution in [0.5, 0.6) is 0 Å². The molecule has 6 heteroatoms. The van der Waals surface area contributed by atoms with Gasteiger partial charge in [0.05, 0.1) is 17.9 Å². The fourth-order valence-corrected chi connectivity index (χ4v) is 2.52. The number of hydrogen-bond donors (Lipinski definition) is 0. The zero-order valence-corrected chi connectivity index (χ0v) is 12.1. The van der Waals surface area contributed by atoms with Crippen LogP contribution in [-0.4, -0.2) is 29.1 Å². The average Bonchev–Trinajstić information content (AvgIpc) is 3.15. The molecule has 4 heterocycles. The SMILES string of the molecule is Cc1c(Cn2ccnc2-c2ccccn2)nc2cccnn12. The van der Waals surface area contributed by atoms with Crippen LogP contribution in [-0.2, 0) is 6.54 Å². The lowest BCUT2D eigenvalue weighted by molar-refractivity contribution is 0.773. The van der Waals surface area contributed by atoms with Crippen molar-refractivity contribution in [3.05, 3.63) is 66.5 Å². The van der Waals surface area contributed by atoms with Gasteiger partial charge in [-0.15, -0.1) is 0 Å². The lowest BCUT2D eigenvalue weighted by Crippen LogP contribution is -2.04. The van der Waals surface area contributed by atoms with Crippen LogP contribution in [0.1, 0.15) is 11.4 Å². The second kappa shape index (κ2) is 5.07. The number of hydrogen-bond acceptors (Lipinski definition) is 4. The molecule has 0 aliphatic carbocycles. The second-order valence-electron chi connectivity index (χ2n) is 5.03. The largest absolute Gasteiger partial charge is 0.324 e. The van der Waals surface area contributed by atoms with Crippen molar-refractivity contribution >= 4 is 5.65 Å². The van der Waals surface area contributed by atoms with Crippen LogP contribution in [0.2, 0.25) is 0 Å². The predicted octanol–water partition coefficient (Wildman–Crippen LogP) is 2.34. The van der Waals surface area contributed by atoms with Gasteiger partial charge in [0.15, 0.2) is 11.5 Å². The van der Waals surface area contributed by atoms with E-state index in [0.29, 0.717) is 6.54 Å². The molecule has 0 radical (unpaired) electrons. The molecule has 0 atom stereocenters. The number of pyridine rings is 1. The molecule has 4 aromatic heterocycles. The highest BCUT2D eigenvalue weighted by Gasteiger charge is 2.12. The van der Waals surface area contributed by atoms with Gasteiger partial charge >= 0.3 is 0 Å². The minimum absolute atomic E-state index is 0.640. The summed E-state index contributed by atoms with van der Waals surface area (Å²) in [4.78, 5) is 13.4. The summed E-state index contributed by atoms with van der Waals surface area (Å²) in [5.41, 5.74) is 3.73. The maximum absolute atomic E-state index is 4.65. The molecule has 4 aromatic rings. The van der Waals surface area contributed by atoms with Crippen LogP contribution < -0.4 is 0 Å². The second-order valence-corrected chi connectivity index (χ2v) is 5.03. The molecule has 0 spiro atoms. The third kappa shape index (κ3) is 2.05. The molecule has 0 saturated carbocycles. The molecule has 0 N–H and O–H groups in total. The van der Waals surface area contributed by atoms with Crippen molar-refractivity contribution in [1.82, 2.24) is 29.1 Å². The Balaban J connectivity index is 1.75. The summed E-state index contributed by atoms with van der Waals surface area (Å²) in [7, 11) is 0. The summed E-state index contributed by atoms with van der Waals surface area (Å²) < 4.78 is 3.91. The molecule has 0 bridgehead atoms. The number of rotatable bonds is 3. The van der Waals surface area contributed by atoms with E-state index in [1.165, 1.54) is 0 Å². The number of imidazole rings is 2. The first-order valence-corrected chi connectivity index (χ1v) is 7.05. The molecule has 0 unspecified atom stereocenters. The lowest BCUT2D eigenvalue weighted by atomic mass is 10.3. The first kappa shape index (κ1) is 12.7.